The van der Waals surface area contributed by atoms with E-state index in [9.17, 15) is 4.79 Å². The molecule has 0 saturated heterocycles. The van der Waals surface area contributed by atoms with E-state index < -0.39 is 0 Å². The number of ketones is 1. The summed E-state index contributed by atoms with van der Waals surface area (Å²) in [5.41, 5.74) is 1.96. The molecule has 26 heavy (non-hydrogen) atoms. The first-order chi connectivity index (χ1) is 12.7. The number of carbonyl (C=O) groups is 1. The smallest absolute Gasteiger partial charge is 0.195 e. The Morgan fingerprint density at radius 2 is 1.92 bits per heavy atom. The summed E-state index contributed by atoms with van der Waals surface area (Å²) in [6.45, 7) is 0.470. The lowest BCUT2D eigenvalue weighted by atomic mass is 10.1. The molecule has 0 aliphatic rings. The van der Waals surface area contributed by atoms with Crippen molar-refractivity contribution in [1.29, 1.82) is 0 Å². The number of halogens is 1. The minimum absolute atomic E-state index is 0.0240. The first-order valence-electron chi connectivity index (χ1n) is 7.97. The molecule has 0 unspecified atom stereocenters. The minimum Gasteiger partial charge on any atom is -0.493 e. The van der Waals surface area contributed by atoms with Crippen LogP contribution in [0.15, 0.2) is 70.5 Å². The molecule has 0 atom stereocenters. The predicted molar refractivity (Wildman–Crippen MR) is 109 cm³/mol. The van der Waals surface area contributed by atoms with Gasteiger partial charge in [0.15, 0.2) is 17.3 Å². The Balaban J connectivity index is 1.69. The molecule has 0 aliphatic heterocycles. The van der Waals surface area contributed by atoms with Crippen molar-refractivity contribution in [2.45, 2.75) is 6.61 Å². The van der Waals surface area contributed by atoms with Crippen LogP contribution in [-0.2, 0) is 6.61 Å². The van der Waals surface area contributed by atoms with E-state index in [4.69, 9.17) is 9.47 Å². The van der Waals surface area contributed by atoms with E-state index in [1.165, 1.54) is 11.3 Å². The van der Waals surface area contributed by atoms with Crippen LogP contribution in [0.4, 0.5) is 0 Å². The second-order valence-electron chi connectivity index (χ2n) is 5.51. The van der Waals surface area contributed by atoms with Crippen molar-refractivity contribution in [2.24, 2.45) is 0 Å². The third kappa shape index (κ3) is 4.84. The lowest BCUT2D eigenvalue weighted by Crippen LogP contribution is -1.97. The van der Waals surface area contributed by atoms with Crippen molar-refractivity contribution in [2.75, 3.05) is 7.11 Å². The van der Waals surface area contributed by atoms with E-state index in [-0.39, 0.29) is 5.78 Å². The van der Waals surface area contributed by atoms with E-state index in [1.54, 1.807) is 19.3 Å². The summed E-state index contributed by atoms with van der Waals surface area (Å²) in [5.74, 6) is 1.28. The second kappa shape index (κ2) is 8.83. The Morgan fingerprint density at radius 3 is 2.62 bits per heavy atom. The van der Waals surface area contributed by atoms with Crippen molar-refractivity contribution < 1.29 is 14.3 Å². The number of methoxy groups -OCH3 is 1. The standard InChI is InChI=1S/C21H17BrO3S/c1-24-20-11-15(7-9-18(23)21-12-17(22)14-26-21)8-10-19(20)25-13-16-5-3-2-4-6-16/h2-12,14H,13H2,1H3/b9-7+. The van der Waals surface area contributed by atoms with Gasteiger partial charge in [0.1, 0.15) is 6.61 Å². The van der Waals surface area contributed by atoms with E-state index >= 15 is 0 Å². The number of hydrogen-bond acceptors (Lipinski definition) is 4. The van der Waals surface area contributed by atoms with Crippen molar-refractivity contribution in [3.05, 3.63) is 86.5 Å². The highest BCUT2D eigenvalue weighted by Gasteiger charge is 2.07. The molecule has 0 N–H and O–H groups in total. The van der Waals surface area contributed by atoms with Crippen LogP contribution in [0.5, 0.6) is 11.5 Å². The summed E-state index contributed by atoms with van der Waals surface area (Å²) >= 11 is 4.77. The van der Waals surface area contributed by atoms with Crippen LogP contribution in [0.1, 0.15) is 20.8 Å². The third-order valence-electron chi connectivity index (χ3n) is 3.66. The van der Waals surface area contributed by atoms with Gasteiger partial charge in [-0.1, -0.05) is 42.5 Å². The fraction of sp³-hybridized carbons (Fsp3) is 0.0952. The zero-order valence-corrected chi connectivity index (χ0v) is 16.5. The van der Waals surface area contributed by atoms with Gasteiger partial charge in [-0.15, -0.1) is 11.3 Å². The molecule has 3 aromatic rings. The summed E-state index contributed by atoms with van der Waals surface area (Å²) < 4.78 is 12.2. The highest BCUT2D eigenvalue weighted by Crippen LogP contribution is 2.29. The molecule has 2 aromatic carbocycles. The summed E-state index contributed by atoms with van der Waals surface area (Å²) in [4.78, 5) is 12.9. The molecule has 0 amide bonds. The molecule has 3 rings (SSSR count). The maximum atomic E-state index is 12.2. The van der Waals surface area contributed by atoms with Gasteiger partial charge in [0.2, 0.25) is 0 Å². The van der Waals surface area contributed by atoms with Crippen molar-refractivity contribution in [3.8, 4) is 11.5 Å². The highest BCUT2D eigenvalue weighted by atomic mass is 79.9. The Kier molecular flexibility index (Phi) is 6.26. The Hall–Kier alpha value is -2.37. The van der Waals surface area contributed by atoms with E-state index in [2.05, 4.69) is 15.9 Å². The zero-order chi connectivity index (χ0) is 18.4. The molecule has 1 aromatic heterocycles. The molecule has 0 radical (unpaired) electrons. The molecule has 0 aliphatic carbocycles. The second-order valence-corrected chi connectivity index (χ2v) is 7.34. The van der Waals surface area contributed by atoms with Crippen LogP contribution in [-0.4, -0.2) is 12.9 Å². The lowest BCUT2D eigenvalue weighted by molar-refractivity contribution is 0.105. The molecule has 1 heterocycles. The van der Waals surface area contributed by atoms with Gasteiger partial charge in [0, 0.05) is 9.85 Å². The van der Waals surface area contributed by atoms with Crippen molar-refractivity contribution >= 4 is 39.1 Å². The molecular weight excluding hydrogens is 412 g/mol. The van der Waals surface area contributed by atoms with Crippen molar-refractivity contribution in [3.63, 3.8) is 0 Å². The predicted octanol–water partition coefficient (Wildman–Crippen LogP) is 5.99. The fourth-order valence-electron chi connectivity index (χ4n) is 2.34. The molecule has 0 bridgehead atoms. The Labute approximate surface area is 165 Å². The average molecular weight is 429 g/mol. The van der Waals surface area contributed by atoms with Crippen LogP contribution in [0.2, 0.25) is 0 Å². The SMILES string of the molecule is COc1cc(/C=C/C(=O)c2cc(Br)cs2)ccc1OCc1ccccc1. The minimum atomic E-state index is -0.0240. The van der Waals surface area contributed by atoms with Gasteiger partial charge in [-0.05, 0) is 51.3 Å². The summed E-state index contributed by atoms with van der Waals surface area (Å²) in [7, 11) is 1.60. The van der Waals surface area contributed by atoms with E-state index in [0.29, 0.717) is 23.0 Å². The number of ether oxygens (including phenoxy) is 2. The zero-order valence-electron chi connectivity index (χ0n) is 14.1. The molecule has 132 valence electrons. The van der Waals surface area contributed by atoms with Crippen LogP contribution >= 0.6 is 27.3 Å². The average Bonchev–Trinajstić information content (AvgIpc) is 3.12. The molecule has 3 nitrogen and oxygen atoms in total. The van der Waals surface area contributed by atoms with Gasteiger partial charge in [-0.3, -0.25) is 4.79 Å². The van der Waals surface area contributed by atoms with Crippen LogP contribution in [0.3, 0.4) is 0 Å². The normalized spacial score (nSPS) is 10.8. The lowest BCUT2D eigenvalue weighted by Gasteiger charge is -2.11. The van der Waals surface area contributed by atoms with E-state index in [1.807, 2.05) is 60.0 Å². The third-order valence-corrected chi connectivity index (χ3v) is 5.37. The topological polar surface area (TPSA) is 35.5 Å². The number of benzene rings is 2. The van der Waals surface area contributed by atoms with Gasteiger partial charge < -0.3 is 9.47 Å². The molecule has 0 spiro atoms. The van der Waals surface area contributed by atoms with Crippen LogP contribution < -0.4 is 9.47 Å². The largest absolute Gasteiger partial charge is 0.493 e. The van der Waals surface area contributed by atoms with Crippen molar-refractivity contribution in [1.82, 2.24) is 0 Å². The van der Waals surface area contributed by atoms with Gasteiger partial charge in [0.05, 0.1) is 12.0 Å². The number of hydrogen-bond donors (Lipinski definition) is 0. The van der Waals surface area contributed by atoms with Gasteiger partial charge >= 0.3 is 0 Å². The maximum absolute atomic E-state index is 12.2. The van der Waals surface area contributed by atoms with Gasteiger partial charge in [-0.2, -0.15) is 0 Å². The number of thiophene rings is 1. The highest BCUT2D eigenvalue weighted by molar-refractivity contribution is 9.10. The van der Waals surface area contributed by atoms with Crippen LogP contribution in [0, 0.1) is 0 Å². The monoisotopic (exact) mass is 428 g/mol. The number of carbonyl (C=O) groups excluding carboxylic acids is 1. The fourth-order valence-corrected chi connectivity index (χ4v) is 3.69. The number of allylic oxidation sites excluding steroid dienone is 1. The summed E-state index contributed by atoms with van der Waals surface area (Å²) in [6, 6.07) is 17.4. The van der Waals surface area contributed by atoms with Crippen LogP contribution in [0.25, 0.3) is 6.08 Å². The molecule has 5 heteroatoms. The number of rotatable bonds is 7. The molecule has 0 saturated carbocycles. The first kappa shape index (κ1) is 18.4. The molecular formula is C21H17BrO3S. The van der Waals surface area contributed by atoms with Gasteiger partial charge in [-0.25, -0.2) is 0 Å². The Morgan fingerprint density at radius 1 is 1.12 bits per heavy atom. The van der Waals surface area contributed by atoms with Gasteiger partial charge in [0.25, 0.3) is 0 Å². The quantitative estimate of drug-likeness (QED) is 0.342. The maximum Gasteiger partial charge on any atom is 0.195 e. The summed E-state index contributed by atoms with van der Waals surface area (Å²) in [6.07, 6.45) is 3.34. The first-order valence-corrected chi connectivity index (χ1v) is 9.64. The summed E-state index contributed by atoms with van der Waals surface area (Å²) in [5, 5.41) is 1.89. The molecule has 0 fully saturated rings. The Bertz CT molecular complexity index is 916. The van der Waals surface area contributed by atoms with E-state index in [0.717, 1.165) is 15.6 Å².